The fraction of sp³-hybridized carbons (Fsp3) is 0.353. The van der Waals surface area contributed by atoms with Crippen LogP contribution in [0.3, 0.4) is 0 Å². The first kappa shape index (κ1) is 17.9. The molecule has 0 saturated carbocycles. The zero-order valence-electron chi connectivity index (χ0n) is 14.0. The first-order valence-electron chi connectivity index (χ1n) is 7.99. The lowest BCUT2D eigenvalue weighted by molar-refractivity contribution is -0.0537. The Kier molecular flexibility index (Phi) is 5.19. The minimum atomic E-state index is -0.941. The Labute approximate surface area is 147 Å². The maximum absolute atomic E-state index is 11.9. The lowest BCUT2D eigenvalue weighted by Gasteiger charge is -2.16. The summed E-state index contributed by atoms with van der Waals surface area (Å²) >= 11 is 0. The van der Waals surface area contributed by atoms with Gasteiger partial charge in [0.2, 0.25) is 0 Å². The van der Waals surface area contributed by atoms with E-state index in [1.807, 2.05) is 0 Å². The fourth-order valence-corrected chi connectivity index (χ4v) is 2.60. The molecule has 3 atom stereocenters. The lowest BCUT2D eigenvalue weighted by Crippen LogP contribution is -2.33. The van der Waals surface area contributed by atoms with Crippen LogP contribution in [0.4, 0.5) is 4.79 Å². The standard InChI is InChI=1S/C17H18N2O7/c1-10-8-19(16(22)18-15(10)21)14-7-12(20)13(26-14)9-24-17(23)25-11-5-3-2-4-6-11/h2-6,8,12-14,20H,7,9H2,1H3,(H,18,21,22)/t12-,13+,14+/m0/s1. The number of hydrogen-bond acceptors (Lipinski definition) is 7. The van der Waals surface area contributed by atoms with Gasteiger partial charge in [0.05, 0.1) is 6.10 Å². The van der Waals surface area contributed by atoms with Crippen molar-refractivity contribution in [3.05, 3.63) is 62.9 Å². The Balaban J connectivity index is 1.59. The van der Waals surface area contributed by atoms with E-state index in [0.717, 1.165) is 0 Å². The quantitative estimate of drug-likeness (QED) is 0.607. The minimum Gasteiger partial charge on any atom is -0.431 e. The third kappa shape index (κ3) is 4.01. The topological polar surface area (TPSA) is 120 Å². The number of aliphatic hydroxyl groups is 1. The van der Waals surface area contributed by atoms with Gasteiger partial charge in [0.1, 0.15) is 24.7 Å². The summed E-state index contributed by atoms with van der Waals surface area (Å²) in [5.74, 6) is 0.332. The summed E-state index contributed by atoms with van der Waals surface area (Å²) in [4.78, 5) is 37.2. The van der Waals surface area contributed by atoms with Crippen LogP contribution in [0.2, 0.25) is 0 Å². The molecule has 3 rings (SSSR count). The smallest absolute Gasteiger partial charge is 0.431 e. The summed E-state index contributed by atoms with van der Waals surface area (Å²) in [6.07, 6.45) is -1.97. The molecule has 0 unspecified atom stereocenters. The van der Waals surface area contributed by atoms with Gasteiger partial charge in [0, 0.05) is 18.2 Å². The van der Waals surface area contributed by atoms with E-state index >= 15 is 0 Å². The van der Waals surface area contributed by atoms with Crippen LogP contribution in [0, 0.1) is 6.92 Å². The van der Waals surface area contributed by atoms with Crippen molar-refractivity contribution in [3.8, 4) is 5.75 Å². The molecular weight excluding hydrogens is 344 g/mol. The van der Waals surface area contributed by atoms with Gasteiger partial charge in [-0.25, -0.2) is 9.59 Å². The highest BCUT2D eigenvalue weighted by Gasteiger charge is 2.36. The van der Waals surface area contributed by atoms with E-state index in [-0.39, 0.29) is 13.0 Å². The fourth-order valence-electron chi connectivity index (χ4n) is 2.60. The molecule has 1 aromatic heterocycles. The number of rotatable bonds is 4. The van der Waals surface area contributed by atoms with Gasteiger partial charge >= 0.3 is 11.8 Å². The van der Waals surface area contributed by atoms with Crippen LogP contribution in [-0.4, -0.2) is 39.6 Å². The lowest BCUT2D eigenvalue weighted by atomic mass is 10.2. The number of aliphatic hydroxyl groups excluding tert-OH is 1. The van der Waals surface area contributed by atoms with Gasteiger partial charge in [-0.3, -0.25) is 14.3 Å². The van der Waals surface area contributed by atoms with Crippen molar-refractivity contribution in [1.82, 2.24) is 9.55 Å². The molecule has 0 spiro atoms. The number of carbonyl (C=O) groups excluding carboxylic acids is 1. The number of para-hydroxylation sites is 1. The molecule has 1 aliphatic rings. The van der Waals surface area contributed by atoms with Crippen molar-refractivity contribution in [1.29, 1.82) is 0 Å². The molecule has 9 heteroatoms. The molecule has 0 aliphatic carbocycles. The number of nitrogens with zero attached hydrogens (tertiary/aromatic N) is 1. The molecule has 0 bridgehead atoms. The normalized spacial score (nSPS) is 22.2. The molecule has 2 N–H and O–H groups in total. The Bertz CT molecular complexity index is 890. The maximum atomic E-state index is 11.9. The van der Waals surface area contributed by atoms with Crippen LogP contribution >= 0.6 is 0 Å². The molecular formula is C17H18N2O7. The van der Waals surface area contributed by atoms with Crippen LogP contribution in [0.25, 0.3) is 0 Å². The summed E-state index contributed by atoms with van der Waals surface area (Å²) in [5, 5.41) is 10.1. The van der Waals surface area contributed by atoms with Gasteiger partial charge < -0.3 is 19.3 Å². The number of H-pyrrole nitrogens is 1. The van der Waals surface area contributed by atoms with Crippen molar-refractivity contribution in [2.45, 2.75) is 31.8 Å². The van der Waals surface area contributed by atoms with E-state index in [9.17, 15) is 19.5 Å². The van der Waals surface area contributed by atoms with E-state index < -0.39 is 35.8 Å². The number of benzene rings is 1. The van der Waals surface area contributed by atoms with Gasteiger partial charge in [0.25, 0.3) is 5.56 Å². The molecule has 26 heavy (non-hydrogen) atoms. The summed E-state index contributed by atoms with van der Waals surface area (Å²) < 4.78 is 16.7. The molecule has 138 valence electrons. The second-order valence-corrected chi connectivity index (χ2v) is 5.89. The molecule has 0 radical (unpaired) electrons. The van der Waals surface area contributed by atoms with E-state index in [1.54, 1.807) is 37.3 Å². The van der Waals surface area contributed by atoms with Crippen molar-refractivity contribution < 1.29 is 24.1 Å². The molecule has 0 amide bonds. The van der Waals surface area contributed by atoms with Crippen molar-refractivity contribution >= 4 is 6.16 Å². The molecule has 1 aromatic carbocycles. The van der Waals surface area contributed by atoms with Crippen LogP contribution in [-0.2, 0) is 9.47 Å². The number of hydrogen-bond donors (Lipinski definition) is 2. The molecule has 1 saturated heterocycles. The van der Waals surface area contributed by atoms with Gasteiger partial charge in [0.15, 0.2) is 0 Å². The first-order valence-corrected chi connectivity index (χ1v) is 7.99. The highest BCUT2D eigenvalue weighted by Crippen LogP contribution is 2.27. The molecule has 2 heterocycles. The Hall–Kier alpha value is -2.91. The predicted molar refractivity (Wildman–Crippen MR) is 89.0 cm³/mol. The van der Waals surface area contributed by atoms with Gasteiger partial charge in [-0.05, 0) is 19.1 Å². The summed E-state index contributed by atoms with van der Waals surface area (Å²) in [6.45, 7) is 1.32. The van der Waals surface area contributed by atoms with E-state index in [0.29, 0.717) is 11.3 Å². The molecule has 2 aromatic rings. The van der Waals surface area contributed by atoms with Crippen LogP contribution in [0.5, 0.6) is 5.75 Å². The highest BCUT2D eigenvalue weighted by molar-refractivity contribution is 5.63. The van der Waals surface area contributed by atoms with Gasteiger partial charge in [-0.2, -0.15) is 0 Å². The molecule has 9 nitrogen and oxygen atoms in total. The minimum absolute atomic E-state index is 0.118. The van der Waals surface area contributed by atoms with Crippen LogP contribution in [0.15, 0.2) is 46.1 Å². The monoisotopic (exact) mass is 362 g/mol. The predicted octanol–water partition coefficient (Wildman–Crippen LogP) is 0.709. The van der Waals surface area contributed by atoms with Gasteiger partial charge in [-0.15, -0.1) is 0 Å². The van der Waals surface area contributed by atoms with E-state index in [4.69, 9.17) is 14.2 Å². The Morgan fingerprint density at radius 3 is 2.81 bits per heavy atom. The third-order valence-corrected chi connectivity index (χ3v) is 3.97. The van der Waals surface area contributed by atoms with Crippen LogP contribution < -0.4 is 16.0 Å². The highest BCUT2D eigenvalue weighted by atomic mass is 16.7. The van der Waals surface area contributed by atoms with E-state index in [1.165, 1.54) is 10.8 Å². The van der Waals surface area contributed by atoms with Crippen molar-refractivity contribution in [2.24, 2.45) is 0 Å². The Morgan fingerprint density at radius 2 is 2.08 bits per heavy atom. The number of ether oxygens (including phenoxy) is 3. The third-order valence-electron chi connectivity index (χ3n) is 3.97. The summed E-state index contributed by atoms with van der Waals surface area (Å²) in [5.41, 5.74) is -0.773. The number of aromatic nitrogens is 2. The zero-order chi connectivity index (χ0) is 18.7. The SMILES string of the molecule is Cc1cn([C@H]2C[C@H](O)[C@@H](COC(=O)Oc3ccccc3)O2)c(=O)[nH]c1=O. The maximum Gasteiger partial charge on any atom is 0.513 e. The van der Waals surface area contributed by atoms with Crippen molar-refractivity contribution in [3.63, 3.8) is 0 Å². The second-order valence-electron chi connectivity index (χ2n) is 5.89. The average Bonchev–Trinajstić information content (AvgIpc) is 2.98. The molecule has 1 aliphatic heterocycles. The average molecular weight is 362 g/mol. The largest absolute Gasteiger partial charge is 0.513 e. The van der Waals surface area contributed by atoms with Crippen LogP contribution in [0.1, 0.15) is 18.2 Å². The Morgan fingerprint density at radius 1 is 1.35 bits per heavy atom. The first-order chi connectivity index (χ1) is 12.4. The second kappa shape index (κ2) is 7.54. The van der Waals surface area contributed by atoms with Gasteiger partial charge in [-0.1, -0.05) is 18.2 Å². The summed E-state index contributed by atoms with van der Waals surface area (Å²) in [7, 11) is 0. The number of aromatic amines is 1. The number of carbonyl (C=O) groups is 1. The van der Waals surface area contributed by atoms with E-state index in [2.05, 4.69) is 4.98 Å². The van der Waals surface area contributed by atoms with Crippen molar-refractivity contribution in [2.75, 3.05) is 6.61 Å². The zero-order valence-corrected chi connectivity index (χ0v) is 14.0. The number of aryl methyl sites for hydroxylation is 1. The molecule has 1 fully saturated rings. The summed E-state index contributed by atoms with van der Waals surface area (Å²) in [6, 6.07) is 8.40. The number of nitrogens with one attached hydrogen (secondary N) is 1.